The van der Waals surface area contributed by atoms with E-state index >= 15 is 0 Å². The maximum Gasteiger partial charge on any atom is 0.188 e. The smallest absolute Gasteiger partial charge is 0.188 e. The first-order chi connectivity index (χ1) is 20.9. The van der Waals surface area contributed by atoms with Crippen LogP contribution in [0.3, 0.4) is 0 Å². The Hall–Kier alpha value is 0.861. The molecule has 0 aromatic heterocycles. The van der Waals surface area contributed by atoms with Gasteiger partial charge in [0.05, 0.1) is 13.2 Å². The Balaban J connectivity index is 2.72. The van der Waals surface area contributed by atoms with E-state index in [-0.39, 0.29) is 13.2 Å². The Labute approximate surface area is 292 Å². The fourth-order valence-electron chi connectivity index (χ4n) is 5.65. The van der Waals surface area contributed by atoms with Crippen molar-refractivity contribution in [3.05, 3.63) is 0 Å². The molecule has 2 fully saturated rings. The van der Waals surface area contributed by atoms with Crippen molar-refractivity contribution in [2.24, 2.45) is 0 Å². The number of hydrogen-bond acceptors (Lipinski definition) is 11. The van der Waals surface area contributed by atoms with E-state index < -0.39 is 111 Å². The molecule has 0 unspecified atom stereocenters. The van der Waals surface area contributed by atoms with E-state index in [2.05, 4.69) is 118 Å². The SMILES string of the molecule is C[Si](C)(C)O[C@@H]1[C@@H](O[Si](C)(C)C)[C@@H](O[C@H]2O[C@H](CO)[C@@H](O[Si](C)(C)C)[C@H](O[Si](C)(C)C)[C@H]2O[Si](C)(C)C)O[C@H](CO)[C@H]1O[Si](C)(C)C. The summed E-state index contributed by atoms with van der Waals surface area (Å²) in [5.41, 5.74) is 0. The number of rotatable bonds is 16. The van der Waals surface area contributed by atoms with Gasteiger partial charge in [-0.05, 0) is 118 Å². The lowest BCUT2D eigenvalue weighted by molar-refractivity contribution is -0.368. The number of ether oxygens (including phenoxy) is 3. The van der Waals surface area contributed by atoms with Gasteiger partial charge in [0.1, 0.15) is 48.8 Å². The first-order valence-electron chi connectivity index (χ1n) is 17.2. The fourth-order valence-corrected chi connectivity index (χ4v) is 12.2. The molecule has 280 valence electrons. The topological polar surface area (TPSA) is 124 Å². The summed E-state index contributed by atoms with van der Waals surface area (Å²) in [5.74, 6) is 0. The molecule has 2 aliphatic heterocycles. The van der Waals surface area contributed by atoms with Gasteiger partial charge in [0.25, 0.3) is 0 Å². The number of hydrogen-bond donors (Lipinski definition) is 2. The number of aliphatic hydroxyl groups is 2. The minimum absolute atomic E-state index is 0.284. The van der Waals surface area contributed by atoms with Crippen LogP contribution in [-0.4, -0.2) is 135 Å². The van der Waals surface area contributed by atoms with E-state index in [4.69, 9.17) is 40.8 Å². The third kappa shape index (κ3) is 15.2. The summed E-state index contributed by atoms with van der Waals surface area (Å²) < 4.78 is 61.0. The van der Waals surface area contributed by atoms with Crippen molar-refractivity contribution in [3.63, 3.8) is 0 Å². The molecule has 17 heteroatoms. The molecule has 2 rings (SSSR count). The highest BCUT2D eigenvalue weighted by Gasteiger charge is 2.56. The third-order valence-electron chi connectivity index (χ3n) is 6.75. The molecule has 2 aliphatic rings. The average molecular weight is 775 g/mol. The minimum Gasteiger partial charge on any atom is -0.409 e. The molecule has 2 saturated heterocycles. The highest BCUT2D eigenvalue weighted by atomic mass is 28.4. The summed E-state index contributed by atoms with van der Waals surface area (Å²) in [5, 5.41) is 21.4. The molecule has 2 heterocycles. The highest BCUT2D eigenvalue weighted by molar-refractivity contribution is 6.71. The van der Waals surface area contributed by atoms with Crippen molar-refractivity contribution in [3.8, 4) is 0 Å². The predicted molar refractivity (Wildman–Crippen MR) is 202 cm³/mol. The lowest BCUT2D eigenvalue weighted by atomic mass is 9.98. The molecule has 2 N–H and O–H groups in total. The highest BCUT2D eigenvalue weighted by Crippen LogP contribution is 2.38. The van der Waals surface area contributed by atoms with Crippen LogP contribution in [0.5, 0.6) is 0 Å². The van der Waals surface area contributed by atoms with Crippen molar-refractivity contribution in [1.82, 2.24) is 0 Å². The van der Waals surface area contributed by atoms with Gasteiger partial charge in [-0.1, -0.05) is 0 Å². The van der Waals surface area contributed by atoms with E-state index in [1.54, 1.807) is 0 Å². The summed E-state index contributed by atoms with van der Waals surface area (Å²) in [6.45, 7) is 37.6. The molecule has 0 spiro atoms. The van der Waals surface area contributed by atoms with E-state index in [1.165, 1.54) is 0 Å². The van der Waals surface area contributed by atoms with Crippen LogP contribution in [0, 0.1) is 0 Å². The molecule has 0 aromatic carbocycles. The maximum atomic E-state index is 10.7. The zero-order valence-electron chi connectivity index (χ0n) is 32.8. The van der Waals surface area contributed by atoms with E-state index in [1.807, 2.05) is 0 Å². The zero-order chi connectivity index (χ0) is 36.6. The first kappa shape index (κ1) is 44.0. The molecule has 10 atom stereocenters. The second-order valence-electron chi connectivity index (χ2n) is 18.8. The quantitative estimate of drug-likeness (QED) is 0.186. The zero-order valence-corrected chi connectivity index (χ0v) is 38.8. The van der Waals surface area contributed by atoms with E-state index in [0.717, 1.165) is 0 Å². The Morgan fingerprint density at radius 2 is 0.574 bits per heavy atom. The van der Waals surface area contributed by atoms with Crippen molar-refractivity contribution in [2.75, 3.05) is 13.2 Å². The van der Waals surface area contributed by atoms with Crippen LogP contribution in [-0.2, 0) is 40.8 Å². The average Bonchev–Trinajstić information content (AvgIpc) is 2.81. The summed E-state index contributed by atoms with van der Waals surface area (Å²) in [4.78, 5) is 0. The first-order valence-corrected chi connectivity index (χ1v) is 37.6. The Bertz CT molecular complexity index is 892. The van der Waals surface area contributed by atoms with Crippen molar-refractivity contribution in [1.29, 1.82) is 0 Å². The number of aliphatic hydroxyl groups excluding tert-OH is 2. The third-order valence-corrected chi connectivity index (χ3v) is 12.6. The predicted octanol–water partition coefficient (Wildman–Crippen LogP) is 5.76. The summed E-state index contributed by atoms with van der Waals surface area (Å²) in [7, 11) is -13.0. The van der Waals surface area contributed by atoms with Gasteiger partial charge in [-0.2, -0.15) is 0 Å². The van der Waals surface area contributed by atoms with Gasteiger partial charge in [0.15, 0.2) is 62.5 Å². The van der Waals surface area contributed by atoms with Gasteiger partial charge in [0.2, 0.25) is 0 Å². The van der Waals surface area contributed by atoms with Crippen LogP contribution in [0.4, 0.5) is 0 Å². The molecular formula is C30H70O11Si6. The van der Waals surface area contributed by atoms with E-state index in [9.17, 15) is 10.2 Å². The summed E-state index contributed by atoms with van der Waals surface area (Å²) >= 11 is 0. The maximum absolute atomic E-state index is 10.7. The van der Waals surface area contributed by atoms with Crippen molar-refractivity contribution in [2.45, 2.75) is 179 Å². The van der Waals surface area contributed by atoms with Gasteiger partial charge >= 0.3 is 0 Å². The van der Waals surface area contributed by atoms with Crippen LogP contribution in [0.2, 0.25) is 118 Å². The molecule has 0 bridgehead atoms. The standard InChI is InChI=1S/C30H70O11Si6/c1-42(2,3)36-23-21(19-31)33-29(27(40-46(13,14)15)25(23)38-44(7,8)9)35-30-28(41-47(16,17)18)26(39-45(10,11)12)24(22(20-32)34-30)37-43(4,5)6/h21-32H,19-20H2,1-18H3/t21-,22-,23-,24-,25+,26+,27-,28-,29-,30-/m1/s1. The molecule has 0 aliphatic carbocycles. The fraction of sp³-hybridized carbons (Fsp3) is 1.00. The lowest BCUT2D eigenvalue weighted by Gasteiger charge is -2.53. The van der Waals surface area contributed by atoms with Crippen molar-refractivity contribution < 1.29 is 51.0 Å². The van der Waals surface area contributed by atoms with Crippen LogP contribution >= 0.6 is 0 Å². The van der Waals surface area contributed by atoms with Gasteiger partial charge < -0.3 is 51.0 Å². The second kappa shape index (κ2) is 16.3. The van der Waals surface area contributed by atoms with Crippen molar-refractivity contribution >= 4 is 49.9 Å². The largest absolute Gasteiger partial charge is 0.409 e. The molecule has 0 radical (unpaired) electrons. The van der Waals surface area contributed by atoms with Gasteiger partial charge in [0, 0.05) is 0 Å². The van der Waals surface area contributed by atoms with Crippen LogP contribution < -0.4 is 0 Å². The second-order valence-corrected chi connectivity index (χ2v) is 45.5. The summed E-state index contributed by atoms with van der Waals surface area (Å²) in [6.07, 6.45) is -6.97. The molecular weight excluding hydrogens is 705 g/mol. The van der Waals surface area contributed by atoms with Gasteiger partial charge in [-0.25, -0.2) is 0 Å². The normalized spacial score (nSPS) is 33.7. The van der Waals surface area contributed by atoms with Crippen LogP contribution in [0.1, 0.15) is 0 Å². The Kier molecular flexibility index (Phi) is 15.2. The molecule has 11 nitrogen and oxygen atoms in total. The molecule has 47 heavy (non-hydrogen) atoms. The van der Waals surface area contributed by atoms with Gasteiger partial charge in [-0.15, -0.1) is 0 Å². The summed E-state index contributed by atoms with van der Waals surface area (Å²) in [6, 6.07) is 0. The molecule has 0 saturated carbocycles. The molecule has 0 amide bonds. The Morgan fingerprint density at radius 1 is 0.362 bits per heavy atom. The van der Waals surface area contributed by atoms with E-state index in [0.29, 0.717) is 0 Å². The van der Waals surface area contributed by atoms with Crippen LogP contribution in [0.25, 0.3) is 0 Å². The lowest BCUT2D eigenvalue weighted by Crippen LogP contribution is -2.69. The monoisotopic (exact) mass is 774 g/mol. The minimum atomic E-state index is -2.22. The Morgan fingerprint density at radius 3 is 0.787 bits per heavy atom. The molecule has 0 aromatic rings. The van der Waals surface area contributed by atoms with Crippen LogP contribution in [0.15, 0.2) is 0 Å². The van der Waals surface area contributed by atoms with Gasteiger partial charge in [-0.3, -0.25) is 0 Å².